The molecule has 1 amide bonds. The van der Waals surface area contributed by atoms with Gasteiger partial charge in [-0.1, -0.05) is 25.5 Å². The molecule has 0 saturated heterocycles. The van der Waals surface area contributed by atoms with E-state index in [0.29, 0.717) is 28.9 Å². The number of aromatic amines is 1. The lowest BCUT2D eigenvalue weighted by Crippen LogP contribution is -2.13. The van der Waals surface area contributed by atoms with Crippen LogP contribution in [0.1, 0.15) is 29.4 Å². The fourth-order valence-corrected chi connectivity index (χ4v) is 2.58. The zero-order valence-corrected chi connectivity index (χ0v) is 13.6. The molecule has 0 atom stereocenters. The third kappa shape index (κ3) is 3.74. The van der Waals surface area contributed by atoms with Gasteiger partial charge in [-0.15, -0.1) is 0 Å². The number of hydrogen-bond donors (Lipinski definition) is 2. The lowest BCUT2D eigenvalue weighted by Gasteiger charge is -2.09. The maximum absolute atomic E-state index is 13.5. The number of aromatic nitrogens is 2. The summed E-state index contributed by atoms with van der Waals surface area (Å²) in [6.45, 7) is 2.01. The van der Waals surface area contributed by atoms with Gasteiger partial charge in [0.15, 0.2) is 0 Å². The Morgan fingerprint density at radius 2 is 1.88 bits per heavy atom. The van der Waals surface area contributed by atoms with Crippen LogP contribution in [0.3, 0.4) is 0 Å². The predicted molar refractivity (Wildman–Crippen MR) is 92.3 cm³/mol. The van der Waals surface area contributed by atoms with Gasteiger partial charge in [-0.3, -0.25) is 9.89 Å². The van der Waals surface area contributed by atoms with E-state index in [1.165, 1.54) is 36.4 Å². The highest BCUT2D eigenvalue weighted by molar-refractivity contribution is 6.06. The second-order valence-corrected chi connectivity index (χ2v) is 5.65. The Morgan fingerprint density at radius 3 is 2.56 bits per heavy atom. The van der Waals surface area contributed by atoms with Crippen molar-refractivity contribution in [3.05, 3.63) is 71.4 Å². The number of hydrogen-bond acceptors (Lipinski definition) is 2. The standard InChI is InChI=1S/C19H17F2N3O/c1-2-4-16-18(22-19(25)12-7-9-14(20)10-8-12)17(24-23-16)13-5-3-6-15(21)11-13/h3,5-11H,2,4H2,1H3,(H,22,25)(H,23,24). The van der Waals surface area contributed by atoms with E-state index in [4.69, 9.17) is 0 Å². The number of amides is 1. The third-order valence-corrected chi connectivity index (χ3v) is 3.78. The van der Waals surface area contributed by atoms with Crippen molar-refractivity contribution >= 4 is 11.6 Å². The van der Waals surface area contributed by atoms with Crippen molar-refractivity contribution in [3.8, 4) is 11.3 Å². The maximum atomic E-state index is 13.5. The number of nitrogens with one attached hydrogen (secondary N) is 2. The van der Waals surface area contributed by atoms with E-state index in [1.54, 1.807) is 12.1 Å². The first-order valence-electron chi connectivity index (χ1n) is 7.98. The minimum atomic E-state index is -0.410. The SMILES string of the molecule is CCCc1[nH]nc(-c2cccc(F)c2)c1NC(=O)c1ccc(F)cc1. The van der Waals surface area contributed by atoms with Crippen LogP contribution in [0.15, 0.2) is 48.5 Å². The van der Waals surface area contributed by atoms with E-state index in [9.17, 15) is 13.6 Å². The van der Waals surface area contributed by atoms with E-state index in [0.717, 1.165) is 12.1 Å². The molecule has 3 aromatic rings. The summed E-state index contributed by atoms with van der Waals surface area (Å²) in [6, 6.07) is 11.3. The highest BCUT2D eigenvalue weighted by Gasteiger charge is 2.18. The number of carbonyl (C=O) groups is 1. The summed E-state index contributed by atoms with van der Waals surface area (Å²) in [7, 11) is 0. The van der Waals surface area contributed by atoms with Crippen LogP contribution in [-0.2, 0) is 6.42 Å². The summed E-state index contributed by atoms with van der Waals surface area (Å²) < 4.78 is 26.6. The summed E-state index contributed by atoms with van der Waals surface area (Å²) in [5.74, 6) is -1.17. The molecule has 2 aromatic carbocycles. The molecule has 1 heterocycles. The summed E-state index contributed by atoms with van der Waals surface area (Å²) in [5.41, 5.74) is 2.64. The molecular weight excluding hydrogens is 324 g/mol. The van der Waals surface area contributed by atoms with Crippen molar-refractivity contribution in [2.45, 2.75) is 19.8 Å². The van der Waals surface area contributed by atoms with Crippen molar-refractivity contribution in [3.63, 3.8) is 0 Å². The molecule has 0 unspecified atom stereocenters. The molecule has 0 aliphatic carbocycles. The molecule has 2 N–H and O–H groups in total. The van der Waals surface area contributed by atoms with Crippen LogP contribution in [-0.4, -0.2) is 16.1 Å². The van der Waals surface area contributed by atoms with E-state index < -0.39 is 5.82 Å². The first-order valence-corrected chi connectivity index (χ1v) is 7.98. The Morgan fingerprint density at radius 1 is 1.12 bits per heavy atom. The van der Waals surface area contributed by atoms with Crippen LogP contribution in [0.5, 0.6) is 0 Å². The van der Waals surface area contributed by atoms with Gasteiger partial charge in [0.2, 0.25) is 0 Å². The van der Waals surface area contributed by atoms with Crippen molar-refractivity contribution < 1.29 is 13.6 Å². The molecule has 0 fully saturated rings. The molecule has 128 valence electrons. The Hall–Kier alpha value is -3.02. The van der Waals surface area contributed by atoms with Gasteiger partial charge < -0.3 is 5.32 Å². The maximum Gasteiger partial charge on any atom is 0.255 e. The zero-order chi connectivity index (χ0) is 17.8. The zero-order valence-electron chi connectivity index (χ0n) is 13.6. The van der Waals surface area contributed by atoms with Crippen LogP contribution >= 0.6 is 0 Å². The largest absolute Gasteiger partial charge is 0.319 e. The molecule has 0 radical (unpaired) electrons. The first-order chi connectivity index (χ1) is 12.1. The Labute approximate surface area is 143 Å². The number of carbonyl (C=O) groups excluding carboxylic acids is 1. The van der Waals surface area contributed by atoms with Gasteiger partial charge in [-0.25, -0.2) is 8.78 Å². The van der Waals surface area contributed by atoms with E-state index in [-0.39, 0.29) is 11.7 Å². The number of halogens is 2. The normalized spacial score (nSPS) is 10.7. The molecule has 0 aliphatic heterocycles. The van der Waals surface area contributed by atoms with E-state index in [1.807, 2.05) is 6.92 Å². The third-order valence-electron chi connectivity index (χ3n) is 3.78. The van der Waals surface area contributed by atoms with Crippen molar-refractivity contribution in [1.82, 2.24) is 10.2 Å². The van der Waals surface area contributed by atoms with Gasteiger partial charge in [0.1, 0.15) is 17.3 Å². The minimum Gasteiger partial charge on any atom is -0.319 e. The van der Waals surface area contributed by atoms with Crippen LogP contribution in [0.4, 0.5) is 14.5 Å². The molecule has 1 aromatic heterocycles. The number of anilines is 1. The Bertz CT molecular complexity index is 888. The second kappa shape index (κ2) is 7.25. The van der Waals surface area contributed by atoms with Gasteiger partial charge in [0, 0.05) is 11.1 Å². The summed E-state index contributed by atoms with van der Waals surface area (Å²) >= 11 is 0. The fraction of sp³-hybridized carbons (Fsp3) is 0.158. The first kappa shape index (κ1) is 16.8. The average Bonchev–Trinajstić information content (AvgIpc) is 2.98. The predicted octanol–water partition coefficient (Wildman–Crippen LogP) is 4.56. The van der Waals surface area contributed by atoms with Gasteiger partial charge >= 0.3 is 0 Å². The Kier molecular flexibility index (Phi) is 4.88. The van der Waals surface area contributed by atoms with E-state index in [2.05, 4.69) is 15.5 Å². The number of nitrogens with zero attached hydrogens (tertiary/aromatic N) is 1. The topological polar surface area (TPSA) is 57.8 Å². The highest BCUT2D eigenvalue weighted by atomic mass is 19.1. The van der Waals surface area contributed by atoms with Crippen molar-refractivity contribution in [1.29, 1.82) is 0 Å². The highest BCUT2D eigenvalue weighted by Crippen LogP contribution is 2.30. The molecule has 6 heteroatoms. The number of benzene rings is 2. The van der Waals surface area contributed by atoms with Crippen LogP contribution < -0.4 is 5.32 Å². The van der Waals surface area contributed by atoms with Gasteiger partial charge in [-0.05, 0) is 42.8 Å². The average molecular weight is 341 g/mol. The summed E-state index contributed by atoms with van der Waals surface area (Å²) in [5, 5.41) is 9.97. The van der Waals surface area contributed by atoms with Crippen LogP contribution in [0, 0.1) is 11.6 Å². The second-order valence-electron chi connectivity index (χ2n) is 5.65. The Balaban J connectivity index is 1.97. The van der Waals surface area contributed by atoms with Crippen molar-refractivity contribution in [2.24, 2.45) is 0 Å². The summed E-state index contributed by atoms with van der Waals surface area (Å²) in [4.78, 5) is 12.5. The number of aryl methyl sites for hydroxylation is 1. The molecule has 3 rings (SSSR count). The van der Waals surface area contributed by atoms with Crippen LogP contribution in [0.2, 0.25) is 0 Å². The molecule has 25 heavy (non-hydrogen) atoms. The molecule has 0 bridgehead atoms. The quantitative estimate of drug-likeness (QED) is 0.715. The molecule has 0 aliphatic rings. The van der Waals surface area contributed by atoms with Gasteiger partial charge in [0.05, 0.1) is 11.4 Å². The van der Waals surface area contributed by atoms with Crippen molar-refractivity contribution in [2.75, 3.05) is 5.32 Å². The molecule has 0 spiro atoms. The van der Waals surface area contributed by atoms with Gasteiger partial charge in [0.25, 0.3) is 5.91 Å². The van der Waals surface area contributed by atoms with Crippen LogP contribution in [0.25, 0.3) is 11.3 Å². The monoisotopic (exact) mass is 341 g/mol. The smallest absolute Gasteiger partial charge is 0.255 e. The summed E-state index contributed by atoms with van der Waals surface area (Å²) in [6.07, 6.45) is 1.53. The molecule has 0 saturated carbocycles. The number of rotatable bonds is 5. The van der Waals surface area contributed by atoms with Gasteiger partial charge in [-0.2, -0.15) is 5.10 Å². The number of H-pyrrole nitrogens is 1. The lowest BCUT2D eigenvalue weighted by atomic mass is 10.1. The fourth-order valence-electron chi connectivity index (χ4n) is 2.58. The minimum absolute atomic E-state index is 0.329. The molecule has 4 nitrogen and oxygen atoms in total. The van der Waals surface area contributed by atoms with E-state index >= 15 is 0 Å². The molecular formula is C19H17F2N3O. The lowest BCUT2D eigenvalue weighted by molar-refractivity contribution is 0.102.